The third-order valence-corrected chi connectivity index (χ3v) is 5.63. The summed E-state index contributed by atoms with van der Waals surface area (Å²) in [4.78, 5) is 27.9. The average Bonchev–Trinajstić information content (AvgIpc) is 3.24. The van der Waals surface area contributed by atoms with Gasteiger partial charge in [-0.3, -0.25) is 9.59 Å². The molecule has 0 aromatic heterocycles. The van der Waals surface area contributed by atoms with E-state index in [9.17, 15) is 9.59 Å². The van der Waals surface area contributed by atoms with E-state index in [1.54, 1.807) is 31.3 Å². The second-order valence-electron chi connectivity index (χ2n) is 7.54. The van der Waals surface area contributed by atoms with Gasteiger partial charge in [0.2, 0.25) is 5.91 Å². The molecule has 3 rings (SSSR count). The van der Waals surface area contributed by atoms with Crippen molar-refractivity contribution in [3.63, 3.8) is 0 Å². The Labute approximate surface area is 178 Å². The number of likely N-dealkylation sites (tertiary alicyclic amines) is 1. The number of carbonyl (C=O) groups is 2. The largest absolute Gasteiger partial charge is 0.497 e. The molecule has 6 nitrogen and oxygen atoms in total. The van der Waals surface area contributed by atoms with E-state index in [0.717, 1.165) is 18.4 Å². The predicted octanol–water partition coefficient (Wildman–Crippen LogP) is 3.48. The van der Waals surface area contributed by atoms with Crippen molar-refractivity contribution in [2.45, 2.75) is 25.7 Å². The highest BCUT2D eigenvalue weighted by molar-refractivity contribution is 5.95. The average molecular weight is 411 g/mol. The number of hydrogen-bond donors (Lipinski definition) is 1. The summed E-state index contributed by atoms with van der Waals surface area (Å²) < 4.78 is 11.0. The van der Waals surface area contributed by atoms with Crippen LogP contribution in [0.5, 0.6) is 11.5 Å². The Kier molecular flexibility index (Phi) is 7.33. The standard InChI is InChI=1S/C24H30N2O4/c1-4-5-13-25-23(27)21-16-26(24(28)17-9-7-6-8-10-17)15-20(21)19-14-18(29-2)11-12-22(19)30-3/h6-12,14,20-21H,4-5,13,15-16H2,1-3H3,(H,25,27)/t20-,21+/m1/s1. The van der Waals surface area contributed by atoms with Gasteiger partial charge in [0.1, 0.15) is 11.5 Å². The molecule has 2 aromatic rings. The number of nitrogens with zero attached hydrogens (tertiary/aromatic N) is 1. The fraction of sp³-hybridized carbons (Fsp3) is 0.417. The Hall–Kier alpha value is -3.02. The maximum atomic E-state index is 13.1. The van der Waals surface area contributed by atoms with Crippen LogP contribution in [0.25, 0.3) is 0 Å². The van der Waals surface area contributed by atoms with Crippen LogP contribution in [0.4, 0.5) is 0 Å². The van der Waals surface area contributed by atoms with E-state index < -0.39 is 0 Å². The molecule has 1 saturated heterocycles. The summed E-state index contributed by atoms with van der Waals surface area (Å²) in [5.41, 5.74) is 1.51. The Morgan fingerprint density at radius 3 is 2.50 bits per heavy atom. The summed E-state index contributed by atoms with van der Waals surface area (Å²) in [5.74, 6) is 0.776. The van der Waals surface area contributed by atoms with Crippen molar-refractivity contribution >= 4 is 11.8 Å². The van der Waals surface area contributed by atoms with Crippen LogP contribution in [0.3, 0.4) is 0 Å². The second-order valence-corrected chi connectivity index (χ2v) is 7.54. The molecule has 2 amide bonds. The number of nitrogens with one attached hydrogen (secondary N) is 1. The molecule has 2 aromatic carbocycles. The van der Waals surface area contributed by atoms with Crippen molar-refractivity contribution in [2.24, 2.45) is 5.92 Å². The lowest BCUT2D eigenvalue weighted by atomic mass is 9.87. The lowest BCUT2D eigenvalue weighted by molar-refractivity contribution is -0.124. The molecule has 1 fully saturated rings. The van der Waals surface area contributed by atoms with Gasteiger partial charge in [0.05, 0.1) is 20.1 Å². The fourth-order valence-corrected chi connectivity index (χ4v) is 3.96. The van der Waals surface area contributed by atoms with Gasteiger partial charge in [-0.1, -0.05) is 31.5 Å². The summed E-state index contributed by atoms with van der Waals surface area (Å²) in [7, 11) is 3.23. The molecular weight excluding hydrogens is 380 g/mol. The number of amides is 2. The molecule has 0 radical (unpaired) electrons. The molecule has 0 aliphatic carbocycles. The molecule has 0 unspecified atom stereocenters. The summed E-state index contributed by atoms with van der Waals surface area (Å²) in [6.45, 7) is 3.55. The minimum Gasteiger partial charge on any atom is -0.497 e. The molecule has 1 N–H and O–H groups in total. The quantitative estimate of drug-likeness (QED) is 0.677. The zero-order valence-corrected chi connectivity index (χ0v) is 17.9. The molecular formula is C24H30N2O4. The minimum atomic E-state index is -0.351. The molecule has 2 atom stereocenters. The number of benzene rings is 2. The molecule has 0 saturated carbocycles. The first-order valence-corrected chi connectivity index (χ1v) is 10.4. The molecule has 6 heteroatoms. The zero-order chi connectivity index (χ0) is 21.5. The topological polar surface area (TPSA) is 67.9 Å². The van der Waals surface area contributed by atoms with Crippen LogP contribution < -0.4 is 14.8 Å². The number of carbonyl (C=O) groups excluding carboxylic acids is 2. The number of hydrogen-bond acceptors (Lipinski definition) is 4. The van der Waals surface area contributed by atoms with Gasteiger partial charge >= 0.3 is 0 Å². The molecule has 1 heterocycles. The summed E-state index contributed by atoms with van der Waals surface area (Å²) >= 11 is 0. The van der Waals surface area contributed by atoms with Crippen LogP contribution in [0.15, 0.2) is 48.5 Å². The van der Waals surface area contributed by atoms with Gasteiger partial charge < -0.3 is 19.7 Å². The lowest BCUT2D eigenvalue weighted by Crippen LogP contribution is -2.36. The summed E-state index contributed by atoms with van der Waals surface area (Å²) in [6, 6.07) is 14.8. The number of unbranched alkanes of at least 4 members (excludes halogenated alkanes) is 1. The van der Waals surface area contributed by atoms with Gasteiger partial charge in [-0.2, -0.15) is 0 Å². The monoisotopic (exact) mass is 410 g/mol. The highest BCUT2D eigenvalue weighted by Gasteiger charge is 2.41. The van der Waals surface area contributed by atoms with Crippen LogP contribution >= 0.6 is 0 Å². The van der Waals surface area contributed by atoms with Crippen molar-refractivity contribution in [3.8, 4) is 11.5 Å². The maximum absolute atomic E-state index is 13.1. The number of ether oxygens (including phenoxy) is 2. The lowest BCUT2D eigenvalue weighted by Gasteiger charge is -2.21. The zero-order valence-electron chi connectivity index (χ0n) is 17.9. The third-order valence-electron chi connectivity index (χ3n) is 5.63. The second kappa shape index (κ2) is 10.1. The number of rotatable bonds is 8. The fourth-order valence-electron chi connectivity index (χ4n) is 3.96. The first-order chi connectivity index (χ1) is 14.6. The van der Waals surface area contributed by atoms with E-state index in [1.807, 2.05) is 36.4 Å². The smallest absolute Gasteiger partial charge is 0.253 e. The van der Waals surface area contributed by atoms with Crippen LogP contribution in [-0.2, 0) is 4.79 Å². The first-order valence-electron chi connectivity index (χ1n) is 10.4. The van der Waals surface area contributed by atoms with Crippen LogP contribution in [-0.4, -0.2) is 50.6 Å². The highest BCUT2D eigenvalue weighted by Crippen LogP contribution is 2.40. The van der Waals surface area contributed by atoms with Crippen molar-refractivity contribution in [1.29, 1.82) is 0 Å². The SMILES string of the molecule is CCCCNC(=O)[C@H]1CN(C(=O)c2ccccc2)C[C@@H]1c1cc(OC)ccc1OC. The van der Waals surface area contributed by atoms with Gasteiger partial charge in [-0.05, 0) is 36.8 Å². The molecule has 160 valence electrons. The Morgan fingerprint density at radius 2 is 1.83 bits per heavy atom. The van der Waals surface area contributed by atoms with Crippen LogP contribution in [0.1, 0.15) is 41.6 Å². The van der Waals surface area contributed by atoms with Gasteiger partial charge in [0.25, 0.3) is 5.91 Å². The van der Waals surface area contributed by atoms with E-state index >= 15 is 0 Å². The molecule has 30 heavy (non-hydrogen) atoms. The van der Waals surface area contributed by atoms with Gasteiger partial charge in [0, 0.05) is 36.7 Å². The Bertz CT molecular complexity index is 869. The van der Waals surface area contributed by atoms with Gasteiger partial charge in [-0.25, -0.2) is 0 Å². The minimum absolute atomic E-state index is 0.0262. The van der Waals surface area contributed by atoms with Crippen molar-refractivity contribution < 1.29 is 19.1 Å². The van der Waals surface area contributed by atoms with E-state index in [0.29, 0.717) is 36.7 Å². The van der Waals surface area contributed by atoms with E-state index in [2.05, 4.69) is 12.2 Å². The summed E-state index contributed by atoms with van der Waals surface area (Å²) in [5, 5.41) is 3.04. The van der Waals surface area contributed by atoms with Crippen molar-refractivity contribution in [2.75, 3.05) is 33.9 Å². The van der Waals surface area contributed by atoms with Crippen LogP contribution in [0, 0.1) is 5.92 Å². The van der Waals surface area contributed by atoms with Gasteiger partial charge in [-0.15, -0.1) is 0 Å². The maximum Gasteiger partial charge on any atom is 0.253 e. The van der Waals surface area contributed by atoms with E-state index in [-0.39, 0.29) is 23.7 Å². The van der Waals surface area contributed by atoms with Crippen molar-refractivity contribution in [3.05, 3.63) is 59.7 Å². The third kappa shape index (κ3) is 4.75. The molecule has 0 spiro atoms. The molecule has 0 bridgehead atoms. The predicted molar refractivity (Wildman–Crippen MR) is 116 cm³/mol. The first kappa shape index (κ1) is 21.7. The molecule has 1 aliphatic heterocycles. The summed E-state index contributed by atoms with van der Waals surface area (Å²) in [6.07, 6.45) is 1.94. The number of methoxy groups -OCH3 is 2. The van der Waals surface area contributed by atoms with Crippen LogP contribution in [0.2, 0.25) is 0 Å². The highest BCUT2D eigenvalue weighted by atomic mass is 16.5. The molecule has 1 aliphatic rings. The van der Waals surface area contributed by atoms with E-state index in [4.69, 9.17) is 9.47 Å². The Morgan fingerprint density at radius 1 is 1.07 bits per heavy atom. The van der Waals surface area contributed by atoms with E-state index in [1.165, 1.54) is 0 Å². The van der Waals surface area contributed by atoms with Crippen molar-refractivity contribution in [1.82, 2.24) is 10.2 Å². The normalized spacial score (nSPS) is 18.2. The Balaban J connectivity index is 1.91. The van der Waals surface area contributed by atoms with Gasteiger partial charge in [0.15, 0.2) is 0 Å².